The van der Waals surface area contributed by atoms with Crippen molar-refractivity contribution in [3.63, 3.8) is 0 Å². The summed E-state index contributed by atoms with van der Waals surface area (Å²) < 4.78 is 7.02. The minimum atomic E-state index is 0.546. The molecule has 1 aromatic carbocycles. The molecule has 0 amide bonds. The van der Waals surface area contributed by atoms with E-state index in [4.69, 9.17) is 4.74 Å². The Balaban J connectivity index is 2.09. The van der Waals surface area contributed by atoms with Gasteiger partial charge in [0.05, 0.1) is 6.61 Å². The lowest BCUT2D eigenvalue weighted by atomic mass is 10.00. The molecule has 0 saturated heterocycles. The number of ether oxygens (including phenoxy) is 1. The zero-order chi connectivity index (χ0) is 14.4. The second-order valence-electron chi connectivity index (χ2n) is 5.29. The van der Waals surface area contributed by atoms with Gasteiger partial charge in [0.25, 0.3) is 0 Å². The van der Waals surface area contributed by atoms with Crippen LogP contribution in [0, 0.1) is 0 Å². The molecule has 1 heterocycles. The third-order valence-corrected chi connectivity index (χ3v) is 4.75. The van der Waals surface area contributed by atoms with E-state index >= 15 is 0 Å². The summed E-state index contributed by atoms with van der Waals surface area (Å²) in [7, 11) is 0. The maximum atomic E-state index is 5.84. The third kappa shape index (κ3) is 4.40. The average Bonchev–Trinajstić information content (AvgIpc) is 2.89. The van der Waals surface area contributed by atoms with Crippen molar-refractivity contribution in [1.29, 1.82) is 0 Å². The summed E-state index contributed by atoms with van der Waals surface area (Å²) in [6, 6.07) is 4.97. The molecular weight excluding hydrogens is 334 g/mol. The Labute approximate surface area is 135 Å². The molecule has 1 aliphatic heterocycles. The van der Waals surface area contributed by atoms with Gasteiger partial charge in [0.15, 0.2) is 0 Å². The molecule has 0 aromatic heterocycles. The van der Waals surface area contributed by atoms with Crippen molar-refractivity contribution in [2.75, 3.05) is 25.2 Å². The summed E-state index contributed by atoms with van der Waals surface area (Å²) >= 11 is 5.55. The molecule has 2 rings (SSSR count). The summed E-state index contributed by atoms with van der Waals surface area (Å²) in [5.74, 6) is 2.35. The number of hydrogen-bond donors (Lipinski definition) is 1. The van der Waals surface area contributed by atoms with Crippen LogP contribution in [0.4, 0.5) is 0 Å². The van der Waals surface area contributed by atoms with Crippen LogP contribution >= 0.6 is 27.7 Å². The van der Waals surface area contributed by atoms with Gasteiger partial charge in [-0.25, -0.2) is 0 Å². The van der Waals surface area contributed by atoms with Crippen LogP contribution in [0.5, 0.6) is 5.75 Å². The van der Waals surface area contributed by atoms with Crippen LogP contribution in [0.25, 0.3) is 0 Å². The van der Waals surface area contributed by atoms with E-state index in [9.17, 15) is 0 Å². The molecule has 2 nitrogen and oxygen atoms in total. The number of benzene rings is 1. The number of nitrogens with one attached hydrogen (secondary N) is 1. The molecular formula is C16H24BrNOS. The van der Waals surface area contributed by atoms with Crippen LogP contribution in [0.2, 0.25) is 0 Å². The van der Waals surface area contributed by atoms with E-state index in [-0.39, 0.29) is 0 Å². The average molecular weight is 358 g/mol. The molecule has 1 unspecified atom stereocenters. The molecule has 0 bridgehead atoms. The van der Waals surface area contributed by atoms with Crippen molar-refractivity contribution in [3.05, 3.63) is 27.7 Å². The fraction of sp³-hybridized carbons (Fsp3) is 0.625. The second-order valence-corrected chi connectivity index (χ2v) is 7.19. The zero-order valence-electron chi connectivity index (χ0n) is 12.4. The Morgan fingerprint density at radius 2 is 2.30 bits per heavy atom. The second kappa shape index (κ2) is 8.30. The van der Waals surface area contributed by atoms with Crippen molar-refractivity contribution in [2.24, 2.45) is 0 Å². The zero-order valence-corrected chi connectivity index (χ0v) is 14.8. The van der Waals surface area contributed by atoms with Crippen LogP contribution < -0.4 is 10.1 Å². The maximum absolute atomic E-state index is 5.84. The highest BCUT2D eigenvalue weighted by atomic mass is 79.9. The summed E-state index contributed by atoms with van der Waals surface area (Å²) in [5.41, 5.74) is 2.70. The Morgan fingerprint density at radius 3 is 3.05 bits per heavy atom. The molecule has 0 aliphatic carbocycles. The van der Waals surface area contributed by atoms with Crippen molar-refractivity contribution in [2.45, 2.75) is 38.6 Å². The first-order valence-electron chi connectivity index (χ1n) is 7.41. The maximum Gasteiger partial charge on any atom is 0.125 e. The van der Waals surface area contributed by atoms with Gasteiger partial charge in [0.1, 0.15) is 5.75 Å². The summed E-state index contributed by atoms with van der Waals surface area (Å²) in [4.78, 5) is 0. The predicted octanol–water partition coefficient (Wildman–Crippen LogP) is 4.05. The molecule has 0 spiro atoms. The van der Waals surface area contributed by atoms with Crippen molar-refractivity contribution in [1.82, 2.24) is 5.32 Å². The lowest BCUT2D eigenvalue weighted by Crippen LogP contribution is -2.32. The Hall–Kier alpha value is -0.190. The van der Waals surface area contributed by atoms with Crippen LogP contribution in [0.1, 0.15) is 30.9 Å². The molecule has 0 saturated carbocycles. The van der Waals surface area contributed by atoms with Crippen molar-refractivity contribution in [3.8, 4) is 5.75 Å². The molecule has 20 heavy (non-hydrogen) atoms. The molecule has 1 atom stereocenters. The first-order chi connectivity index (χ1) is 9.74. The topological polar surface area (TPSA) is 21.3 Å². The van der Waals surface area contributed by atoms with Crippen LogP contribution in [0.3, 0.4) is 0 Å². The monoisotopic (exact) mass is 357 g/mol. The van der Waals surface area contributed by atoms with Gasteiger partial charge >= 0.3 is 0 Å². The van der Waals surface area contributed by atoms with E-state index in [1.807, 2.05) is 11.8 Å². The lowest BCUT2D eigenvalue weighted by Gasteiger charge is -2.20. The van der Waals surface area contributed by atoms with Gasteiger partial charge in [0, 0.05) is 16.9 Å². The Bertz CT molecular complexity index is 431. The molecule has 0 radical (unpaired) electrons. The fourth-order valence-electron chi connectivity index (χ4n) is 2.65. The van der Waals surface area contributed by atoms with E-state index in [1.54, 1.807) is 0 Å². The minimum absolute atomic E-state index is 0.546. The third-order valence-electron chi connectivity index (χ3n) is 3.65. The van der Waals surface area contributed by atoms with Gasteiger partial charge in [-0.15, -0.1) is 0 Å². The van der Waals surface area contributed by atoms with Gasteiger partial charge in [-0.1, -0.05) is 22.9 Å². The van der Waals surface area contributed by atoms with E-state index < -0.39 is 0 Å². The van der Waals surface area contributed by atoms with E-state index in [0.717, 1.165) is 31.7 Å². The van der Waals surface area contributed by atoms with Gasteiger partial charge in [0.2, 0.25) is 0 Å². The highest BCUT2D eigenvalue weighted by Gasteiger charge is 2.19. The number of thioether (sulfide) groups is 1. The molecule has 4 heteroatoms. The first-order valence-corrected chi connectivity index (χ1v) is 9.59. The number of fused-ring (bicyclic) bond motifs is 1. The lowest BCUT2D eigenvalue weighted by molar-refractivity contribution is 0.351. The predicted molar refractivity (Wildman–Crippen MR) is 92.1 cm³/mol. The number of rotatable bonds is 8. The van der Waals surface area contributed by atoms with Crippen molar-refractivity contribution < 1.29 is 4.74 Å². The van der Waals surface area contributed by atoms with Crippen LogP contribution in [0.15, 0.2) is 16.6 Å². The fourth-order valence-corrected chi connectivity index (χ4v) is 3.72. The highest BCUT2D eigenvalue weighted by Crippen LogP contribution is 2.34. The van der Waals surface area contributed by atoms with Crippen LogP contribution in [-0.4, -0.2) is 31.2 Å². The summed E-state index contributed by atoms with van der Waals surface area (Å²) in [6.45, 7) is 4.14. The van der Waals surface area contributed by atoms with Gasteiger partial charge in [-0.3, -0.25) is 0 Å². The van der Waals surface area contributed by atoms with E-state index in [2.05, 4.69) is 46.6 Å². The van der Waals surface area contributed by atoms with Crippen molar-refractivity contribution >= 4 is 27.7 Å². The Kier molecular flexibility index (Phi) is 6.72. The quantitative estimate of drug-likeness (QED) is 0.758. The van der Waals surface area contributed by atoms with E-state index in [1.165, 1.54) is 34.2 Å². The van der Waals surface area contributed by atoms with Gasteiger partial charge in [-0.2, -0.15) is 11.8 Å². The molecule has 112 valence electrons. The van der Waals surface area contributed by atoms with Gasteiger partial charge in [-0.05, 0) is 61.1 Å². The number of halogens is 1. The normalized spacial score (nSPS) is 14.9. The SMILES string of the molecule is CCCNC(CCSC)Cc1cc(Br)cc2c1OCC2. The first kappa shape index (κ1) is 16.2. The smallest absolute Gasteiger partial charge is 0.125 e. The Morgan fingerprint density at radius 1 is 1.45 bits per heavy atom. The molecule has 1 aliphatic rings. The molecule has 1 N–H and O–H groups in total. The molecule has 0 fully saturated rings. The number of hydrogen-bond acceptors (Lipinski definition) is 3. The summed E-state index contributed by atoms with van der Waals surface area (Å²) in [6.07, 6.45) is 6.67. The standard InChI is InChI=1S/C16H24BrNOS/c1-3-6-18-15(5-8-20-2)11-13-10-14(17)9-12-4-7-19-16(12)13/h9-10,15,18H,3-8,11H2,1-2H3. The molecule has 1 aromatic rings. The van der Waals surface area contributed by atoms with E-state index in [0.29, 0.717) is 6.04 Å². The minimum Gasteiger partial charge on any atom is -0.493 e. The van der Waals surface area contributed by atoms with Gasteiger partial charge < -0.3 is 10.1 Å². The van der Waals surface area contributed by atoms with Crippen LogP contribution in [-0.2, 0) is 12.8 Å². The summed E-state index contributed by atoms with van der Waals surface area (Å²) in [5, 5.41) is 3.68. The highest BCUT2D eigenvalue weighted by molar-refractivity contribution is 9.10. The largest absolute Gasteiger partial charge is 0.493 e.